The molecule has 4 heterocycles. The lowest BCUT2D eigenvalue weighted by Gasteiger charge is -2.30. The van der Waals surface area contributed by atoms with E-state index in [0.29, 0.717) is 10.3 Å². The van der Waals surface area contributed by atoms with E-state index in [1.54, 1.807) is 17.6 Å². The van der Waals surface area contributed by atoms with Crippen molar-refractivity contribution in [3.05, 3.63) is 107 Å². The number of aromatic nitrogens is 1. The summed E-state index contributed by atoms with van der Waals surface area (Å²) < 4.78 is 7.95. The molecule has 0 N–H and O–H groups in total. The Morgan fingerprint density at radius 2 is 2.03 bits per heavy atom. The number of benzene rings is 1. The second kappa shape index (κ2) is 6.54. The molecule has 0 bridgehead atoms. The molecule has 0 spiro atoms. The summed E-state index contributed by atoms with van der Waals surface area (Å²) in [6.45, 7) is 0. The number of thiophene rings is 1. The van der Waals surface area contributed by atoms with Crippen LogP contribution in [0.1, 0.15) is 34.2 Å². The number of rotatable bonds is 2. The van der Waals surface area contributed by atoms with Crippen molar-refractivity contribution >= 4 is 34.4 Å². The first-order valence-corrected chi connectivity index (χ1v) is 11.2. The normalized spacial score (nSPS) is 18.2. The molecule has 6 rings (SSSR count). The number of thiazole rings is 1. The monoisotopic (exact) mass is 416 g/mol. The van der Waals surface area contributed by atoms with Crippen molar-refractivity contribution in [2.75, 3.05) is 0 Å². The van der Waals surface area contributed by atoms with Crippen LogP contribution in [0.4, 0.5) is 0 Å². The van der Waals surface area contributed by atoms with E-state index in [1.165, 1.54) is 32.9 Å². The number of aryl methyl sites for hydroxylation is 1. The van der Waals surface area contributed by atoms with Gasteiger partial charge in [0, 0.05) is 16.5 Å². The van der Waals surface area contributed by atoms with E-state index in [2.05, 4.69) is 41.8 Å². The summed E-state index contributed by atoms with van der Waals surface area (Å²) >= 11 is 3.12. The second-order valence-corrected chi connectivity index (χ2v) is 9.13. The molecule has 0 amide bonds. The van der Waals surface area contributed by atoms with Gasteiger partial charge in [-0.1, -0.05) is 41.7 Å². The van der Waals surface area contributed by atoms with Gasteiger partial charge in [0.1, 0.15) is 5.76 Å². The Morgan fingerprint density at radius 3 is 2.86 bits per heavy atom. The molecule has 0 unspecified atom stereocenters. The molecule has 1 atom stereocenters. The van der Waals surface area contributed by atoms with Gasteiger partial charge in [0.2, 0.25) is 0 Å². The van der Waals surface area contributed by atoms with Crippen LogP contribution in [0.2, 0.25) is 0 Å². The molecular formula is C23H16N2O2S2. The van der Waals surface area contributed by atoms with Gasteiger partial charge in [0.15, 0.2) is 4.80 Å². The average Bonchev–Trinajstić information content (AvgIpc) is 3.50. The summed E-state index contributed by atoms with van der Waals surface area (Å²) in [6.07, 6.45) is 5.32. The maximum atomic E-state index is 13.4. The van der Waals surface area contributed by atoms with Crippen LogP contribution in [0, 0.1) is 0 Å². The van der Waals surface area contributed by atoms with Crippen LogP contribution in [0.5, 0.6) is 0 Å². The molecule has 142 valence electrons. The molecule has 0 radical (unpaired) electrons. The van der Waals surface area contributed by atoms with Gasteiger partial charge in [-0.05, 0) is 47.6 Å². The smallest absolute Gasteiger partial charge is 0.271 e. The third kappa shape index (κ3) is 2.63. The summed E-state index contributed by atoms with van der Waals surface area (Å²) in [5.74, 6) is 0.678. The van der Waals surface area contributed by atoms with Gasteiger partial charge in [-0.2, -0.15) is 0 Å². The van der Waals surface area contributed by atoms with E-state index in [0.717, 1.165) is 23.3 Å². The number of nitrogens with zero attached hydrogens (tertiary/aromatic N) is 2. The minimum absolute atomic E-state index is 0.00559. The van der Waals surface area contributed by atoms with Crippen molar-refractivity contribution in [3.8, 4) is 0 Å². The van der Waals surface area contributed by atoms with Crippen LogP contribution in [0.3, 0.4) is 0 Å². The Kier molecular flexibility index (Phi) is 3.82. The highest BCUT2D eigenvalue weighted by molar-refractivity contribution is 7.10. The van der Waals surface area contributed by atoms with Crippen molar-refractivity contribution in [1.29, 1.82) is 0 Å². The van der Waals surface area contributed by atoms with Crippen LogP contribution in [0.15, 0.2) is 80.0 Å². The van der Waals surface area contributed by atoms with Crippen molar-refractivity contribution in [1.82, 2.24) is 4.57 Å². The van der Waals surface area contributed by atoms with Crippen molar-refractivity contribution in [2.24, 2.45) is 4.99 Å². The zero-order chi connectivity index (χ0) is 19.4. The van der Waals surface area contributed by atoms with Crippen LogP contribution in [0.25, 0.3) is 11.8 Å². The molecule has 2 aliphatic rings. The molecular weight excluding hydrogens is 400 g/mol. The average molecular weight is 417 g/mol. The topological polar surface area (TPSA) is 47.5 Å². The van der Waals surface area contributed by atoms with E-state index in [1.807, 2.05) is 22.8 Å². The largest absolute Gasteiger partial charge is 0.465 e. The zero-order valence-corrected chi connectivity index (χ0v) is 17.0. The molecule has 3 aromatic heterocycles. The van der Waals surface area contributed by atoms with Crippen LogP contribution in [-0.4, -0.2) is 4.57 Å². The minimum Gasteiger partial charge on any atom is -0.465 e. The van der Waals surface area contributed by atoms with Crippen LogP contribution < -0.4 is 14.9 Å². The molecule has 4 nitrogen and oxygen atoms in total. The van der Waals surface area contributed by atoms with Crippen molar-refractivity contribution in [3.63, 3.8) is 0 Å². The molecule has 1 aliphatic heterocycles. The van der Waals surface area contributed by atoms with Gasteiger partial charge in [-0.15, -0.1) is 11.3 Å². The van der Waals surface area contributed by atoms with E-state index < -0.39 is 0 Å². The lowest BCUT2D eigenvalue weighted by Crippen LogP contribution is -2.38. The minimum atomic E-state index is -0.0895. The number of fused-ring (bicyclic) bond motifs is 3. The third-order valence-corrected chi connectivity index (χ3v) is 7.41. The first kappa shape index (κ1) is 16.9. The van der Waals surface area contributed by atoms with Gasteiger partial charge >= 0.3 is 0 Å². The van der Waals surface area contributed by atoms with E-state index in [-0.39, 0.29) is 11.6 Å². The van der Waals surface area contributed by atoms with E-state index >= 15 is 0 Å². The maximum Gasteiger partial charge on any atom is 0.271 e. The van der Waals surface area contributed by atoms with Crippen LogP contribution in [-0.2, 0) is 6.42 Å². The molecule has 0 fully saturated rings. The Labute approximate surface area is 174 Å². The summed E-state index contributed by atoms with van der Waals surface area (Å²) in [5.41, 5.74) is 4.79. The third-order valence-electron chi connectivity index (χ3n) is 5.50. The molecule has 1 aromatic carbocycles. The zero-order valence-electron chi connectivity index (χ0n) is 15.4. The Bertz CT molecular complexity index is 1420. The molecule has 0 saturated heterocycles. The lowest BCUT2D eigenvalue weighted by atomic mass is 9.85. The summed E-state index contributed by atoms with van der Waals surface area (Å²) in [5, 5.41) is 2.07. The summed E-state index contributed by atoms with van der Waals surface area (Å²) in [4.78, 5) is 20.3. The Morgan fingerprint density at radius 1 is 1.10 bits per heavy atom. The molecule has 0 saturated carbocycles. The quantitative estimate of drug-likeness (QED) is 0.496. The molecule has 6 heteroatoms. The fourth-order valence-electron chi connectivity index (χ4n) is 4.22. The molecule has 4 aromatic rings. The first-order valence-electron chi connectivity index (χ1n) is 9.49. The number of allylic oxidation sites excluding steroid dienone is 1. The fraction of sp³-hybridized carbons (Fsp3) is 0.130. The highest BCUT2D eigenvalue weighted by Crippen LogP contribution is 2.42. The summed E-state index contributed by atoms with van der Waals surface area (Å²) in [6, 6.07) is 16.2. The van der Waals surface area contributed by atoms with Crippen molar-refractivity contribution in [2.45, 2.75) is 18.9 Å². The first-order chi connectivity index (χ1) is 14.3. The predicted octanol–water partition coefficient (Wildman–Crippen LogP) is 3.97. The highest BCUT2D eigenvalue weighted by atomic mass is 32.1. The highest BCUT2D eigenvalue weighted by Gasteiger charge is 2.32. The fourth-order valence-corrected chi connectivity index (χ4v) is 6.05. The molecule has 29 heavy (non-hydrogen) atoms. The van der Waals surface area contributed by atoms with Crippen molar-refractivity contribution < 1.29 is 4.42 Å². The predicted molar refractivity (Wildman–Crippen MR) is 116 cm³/mol. The van der Waals surface area contributed by atoms with Gasteiger partial charge < -0.3 is 4.42 Å². The standard InChI is InChI=1S/C23H16N2O2S2/c26-22-19(13-15-6-3-11-27-15)29-23-24-20-16-7-2-1-5-14(16)9-10-17(20)21(25(22)23)18-8-4-12-28-18/h1-8,11-13,21H,9-10H2/b19-13+/t21-/m0/s1. The second-order valence-electron chi connectivity index (χ2n) is 7.14. The molecule has 1 aliphatic carbocycles. The SMILES string of the molecule is O=c1/c(=C\c2ccco2)sc2n1[C@H](c1cccs1)C1=C(N=2)c2ccccc2CC1. The van der Waals surface area contributed by atoms with Crippen LogP contribution >= 0.6 is 22.7 Å². The number of furan rings is 1. The number of hydrogen-bond acceptors (Lipinski definition) is 5. The Hall–Kier alpha value is -2.96. The van der Waals surface area contributed by atoms with E-state index in [9.17, 15) is 4.79 Å². The maximum absolute atomic E-state index is 13.4. The number of hydrogen-bond donors (Lipinski definition) is 0. The summed E-state index contributed by atoms with van der Waals surface area (Å²) in [7, 11) is 0. The lowest BCUT2D eigenvalue weighted by molar-refractivity contribution is 0.556. The van der Waals surface area contributed by atoms with Gasteiger partial charge in [0.25, 0.3) is 5.56 Å². The Balaban J connectivity index is 1.66. The van der Waals surface area contributed by atoms with Gasteiger partial charge in [0.05, 0.1) is 22.5 Å². The van der Waals surface area contributed by atoms with Gasteiger partial charge in [-0.3, -0.25) is 9.36 Å². The van der Waals surface area contributed by atoms with Gasteiger partial charge in [-0.25, -0.2) is 4.99 Å². The van der Waals surface area contributed by atoms with E-state index in [4.69, 9.17) is 9.41 Å².